The predicted molar refractivity (Wildman–Crippen MR) is 41.2 cm³/mol. The summed E-state index contributed by atoms with van der Waals surface area (Å²) in [6, 6.07) is 2.03. The standard InChI is InChI=1S/C8H13NO3/c9-4-1-2-8-11-6-7(12-8)3-5-10/h7-8,10H,1-3,5-6H2. The fraction of sp³-hybridized carbons (Fsp3) is 0.875. The van der Waals surface area contributed by atoms with Crippen LogP contribution in [0.2, 0.25) is 0 Å². The molecule has 0 radical (unpaired) electrons. The van der Waals surface area contributed by atoms with Crippen LogP contribution in [0.1, 0.15) is 19.3 Å². The average molecular weight is 171 g/mol. The van der Waals surface area contributed by atoms with Crippen LogP contribution in [0.4, 0.5) is 0 Å². The van der Waals surface area contributed by atoms with E-state index in [1.54, 1.807) is 0 Å². The number of hydrogen-bond acceptors (Lipinski definition) is 4. The van der Waals surface area contributed by atoms with Crippen LogP contribution in [0.5, 0.6) is 0 Å². The second-order valence-electron chi connectivity index (χ2n) is 2.73. The third kappa shape index (κ3) is 2.78. The van der Waals surface area contributed by atoms with Gasteiger partial charge in [0.1, 0.15) is 0 Å². The van der Waals surface area contributed by atoms with Crippen LogP contribution in [0.15, 0.2) is 0 Å². The van der Waals surface area contributed by atoms with Gasteiger partial charge in [0.25, 0.3) is 0 Å². The van der Waals surface area contributed by atoms with E-state index in [0.29, 0.717) is 25.9 Å². The summed E-state index contributed by atoms with van der Waals surface area (Å²) in [5.74, 6) is 0. The van der Waals surface area contributed by atoms with Gasteiger partial charge in [0, 0.05) is 19.4 Å². The number of ether oxygens (including phenoxy) is 2. The Labute approximate surface area is 71.7 Å². The average Bonchev–Trinajstić information content (AvgIpc) is 2.50. The monoisotopic (exact) mass is 171 g/mol. The summed E-state index contributed by atoms with van der Waals surface area (Å²) < 4.78 is 10.6. The molecule has 2 atom stereocenters. The zero-order valence-corrected chi connectivity index (χ0v) is 6.90. The Hall–Kier alpha value is -0.630. The molecular weight excluding hydrogens is 158 g/mol. The van der Waals surface area contributed by atoms with Crippen molar-refractivity contribution in [3.8, 4) is 6.07 Å². The smallest absolute Gasteiger partial charge is 0.159 e. The maximum absolute atomic E-state index is 8.60. The van der Waals surface area contributed by atoms with Crippen LogP contribution in [-0.2, 0) is 9.47 Å². The molecule has 2 unspecified atom stereocenters. The molecule has 1 fully saturated rings. The van der Waals surface area contributed by atoms with Crippen molar-refractivity contribution in [2.75, 3.05) is 13.2 Å². The second kappa shape index (κ2) is 5.09. The molecule has 0 aromatic rings. The Morgan fingerprint density at radius 3 is 3.00 bits per heavy atom. The van der Waals surface area contributed by atoms with Crippen molar-refractivity contribution in [1.82, 2.24) is 0 Å². The van der Waals surface area contributed by atoms with E-state index in [1.165, 1.54) is 0 Å². The summed E-state index contributed by atoms with van der Waals surface area (Å²) in [6.45, 7) is 0.662. The van der Waals surface area contributed by atoms with Crippen LogP contribution in [-0.4, -0.2) is 30.7 Å². The van der Waals surface area contributed by atoms with Gasteiger partial charge < -0.3 is 14.6 Å². The van der Waals surface area contributed by atoms with Crippen LogP contribution in [0.25, 0.3) is 0 Å². The summed E-state index contributed by atoms with van der Waals surface area (Å²) in [5, 5.41) is 16.9. The summed E-state index contributed by atoms with van der Waals surface area (Å²) in [7, 11) is 0. The number of aliphatic hydroxyl groups excluding tert-OH is 1. The molecule has 0 bridgehead atoms. The lowest BCUT2D eigenvalue weighted by molar-refractivity contribution is -0.0633. The van der Waals surface area contributed by atoms with Crippen LogP contribution in [0.3, 0.4) is 0 Å². The minimum absolute atomic E-state index is 0.0127. The molecule has 0 aliphatic carbocycles. The highest BCUT2D eigenvalue weighted by atomic mass is 16.7. The van der Waals surface area contributed by atoms with Crippen LogP contribution >= 0.6 is 0 Å². The van der Waals surface area contributed by atoms with E-state index < -0.39 is 0 Å². The third-order valence-electron chi connectivity index (χ3n) is 1.76. The molecule has 12 heavy (non-hydrogen) atoms. The van der Waals surface area contributed by atoms with Gasteiger partial charge >= 0.3 is 0 Å². The zero-order valence-electron chi connectivity index (χ0n) is 6.90. The number of hydrogen-bond donors (Lipinski definition) is 1. The summed E-state index contributed by atoms with van der Waals surface area (Å²) in [5.41, 5.74) is 0. The van der Waals surface area contributed by atoms with E-state index in [4.69, 9.17) is 19.8 Å². The highest BCUT2D eigenvalue weighted by Gasteiger charge is 2.24. The molecule has 1 rings (SSSR count). The normalized spacial score (nSPS) is 28.7. The highest BCUT2D eigenvalue weighted by Crippen LogP contribution is 2.17. The van der Waals surface area contributed by atoms with Gasteiger partial charge in [-0.05, 0) is 6.42 Å². The summed E-state index contributed by atoms with van der Waals surface area (Å²) in [4.78, 5) is 0. The topological polar surface area (TPSA) is 62.5 Å². The lowest BCUT2D eigenvalue weighted by atomic mass is 10.3. The van der Waals surface area contributed by atoms with E-state index in [-0.39, 0.29) is 19.0 Å². The molecular formula is C8H13NO3. The summed E-state index contributed by atoms with van der Waals surface area (Å²) in [6.07, 6.45) is 1.47. The summed E-state index contributed by atoms with van der Waals surface area (Å²) >= 11 is 0. The van der Waals surface area contributed by atoms with Crippen molar-refractivity contribution in [1.29, 1.82) is 5.26 Å². The van der Waals surface area contributed by atoms with E-state index in [1.807, 2.05) is 6.07 Å². The quantitative estimate of drug-likeness (QED) is 0.665. The number of nitrogens with zero attached hydrogens (tertiary/aromatic N) is 1. The van der Waals surface area contributed by atoms with Gasteiger partial charge in [-0.2, -0.15) is 5.26 Å². The van der Waals surface area contributed by atoms with Crippen molar-refractivity contribution >= 4 is 0 Å². The van der Waals surface area contributed by atoms with Crippen LogP contribution < -0.4 is 0 Å². The highest BCUT2D eigenvalue weighted by molar-refractivity contribution is 4.72. The SMILES string of the molecule is N#CCCC1OCC(CCO)O1. The largest absolute Gasteiger partial charge is 0.396 e. The number of aliphatic hydroxyl groups is 1. The second-order valence-corrected chi connectivity index (χ2v) is 2.73. The van der Waals surface area contributed by atoms with E-state index >= 15 is 0 Å². The molecule has 1 heterocycles. The minimum atomic E-state index is -0.235. The van der Waals surface area contributed by atoms with Gasteiger partial charge in [-0.25, -0.2) is 0 Å². The molecule has 4 nitrogen and oxygen atoms in total. The Balaban J connectivity index is 2.13. The third-order valence-corrected chi connectivity index (χ3v) is 1.76. The molecule has 0 spiro atoms. The van der Waals surface area contributed by atoms with E-state index in [2.05, 4.69) is 0 Å². The van der Waals surface area contributed by atoms with Crippen molar-refractivity contribution in [3.63, 3.8) is 0 Å². The first-order valence-corrected chi connectivity index (χ1v) is 4.11. The number of rotatable bonds is 4. The Morgan fingerprint density at radius 1 is 1.50 bits per heavy atom. The molecule has 1 N–H and O–H groups in total. The van der Waals surface area contributed by atoms with Gasteiger partial charge in [-0.15, -0.1) is 0 Å². The molecule has 1 aliphatic rings. The van der Waals surface area contributed by atoms with Crippen molar-refractivity contribution < 1.29 is 14.6 Å². The molecule has 68 valence electrons. The maximum Gasteiger partial charge on any atom is 0.159 e. The van der Waals surface area contributed by atoms with Gasteiger partial charge in [0.05, 0.1) is 18.8 Å². The van der Waals surface area contributed by atoms with Crippen molar-refractivity contribution in [2.45, 2.75) is 31.7 Å². The van der Waals surface area contributed by atoms with Crippen LogP contribution in [0, 0.1) is 11.3 Å². The fourth-order valence-corrected chi connectivity index (χ4v) is 1.14. The first-order chi connectivity index (χ1) is 5.86. The van der Waals surface area contributed by atoms with Gasteiger partial charge in [-0.3, -0.25) is 0 Å². The molecule has 1 aliphatic heterocycles. The molecule has 0 aromatic carbocycles. The first-order valence-electron chi connectivity index (χ1n) is 4.11. The Bertz CT molecular complexity index is 166. The zero-order chi connectivity index (χ0) is 8.81. The lowest BCUT2D eigenvalue weighted by Crippen LogP contribution is -2.13. The Kier molecular flexibility index (Phi) is 4.01. The van der Waals surface area contributed by atoms with Gasteiger partial charge in [0.2, 0.25) is 0 Å². The fourth-order valence-electron chi connectivity index (χ4n) is 1.14. The maximum atomic E-state index is 8.60. The molecule has 4 heteroatoms. The lowest BCUT2D eigenvalue weighted by Gasteiger charge is -2.07. The molecule has 0 amide bonds. The first kappa shape index (κ1) is 9.46. The van der Waals surface area contributed by atoms with E-state index in [9.17, 15) is 0 Å². The van der Waals surface area contributed by atoms with Gasteiger partial charge in [-0.1, -0.05) is 0 Å². The van der Waals surface area contributed by atoms with Gasteiger partial charge in [0.15, 0.2) is 6.29 Å². The molecule has 0 saturated carbocycles. The Morgan fingerprint density at radius 2 is 2.33 bits per heavy atom. The molecule has 1 saturated heterocycles. The van der Waals surface area contributed by atoms with E-state index in [0.717, 1.165) is 0 Å². The minimum Gasteiger partial charge on any atom is -0.396 e. The van der Waals surface area contributed by atoms with Crippen molar-refractivity contribution in [2.24, 2.45) is 0 Å². The van der Waals surface area contributed by atoms with Crippen molar-refractivity contribution in [3.05, 3.63) is 0 Å². The predicted octanol–water partition coefficient (Wildman–Crippen LogP) is 0.414. The number of nitriles is 1. The molecule has 0 aromatic heterocycles.